The van der Waals surface area contributed by atoms with Gasteiger partial charge in [0.05, 0.1) is 11.2 Å². The van der Waals surface area contributed by atoms with Crippen LogP contribution in [0.25, 0.3) is 0 Å². The highest BCUT2D eigenvalue weighted by Gasteiger charge is 2.12. The van der Waals surface area contributed by atoms with Crippen LogP contribution < -0.4 is 5.32 Å². The van der Waals surface area contributed by atoms with E-state index in [1.807, 2.05) is 24.3 Å². The van der Waals surface area contributed by atoms with Gasteiger partial charge < -0.3 is 9.73 Å². The molecule has 1 N–H and O–H groups in total. The molecule has 0 fully saturated rings. The fourth-order valence-corrected chi connectivity index (χ4v) is 2.27. The largest absolute Gasteiger partial charge is 0.469 e. The summed E-state index contributed by atoms with van der Waals surface area (Å²) < 4.78 is 5.30. The van der Waals surface area contributed by atoms with Crippen molar-refractivity contribution in [1.29, 1.82) is 0 Å². The highest BCUT2D eigenvalue weighted by molar-refractivity contribution is 5.39. The quantitative estimate of drug-likeness (QED) is 0.597. The van der Waals surface area contributed by atoms with Gasteiger partial charge in [-0.2, -0.15) is 0 Å². The van der Waals surface area contributed by atoms with Crippen molar-refractivity contribution >= 4 is 5.69 Å². The van der Waals surface area contributed by atoms with E-state index in [0.717, 1.165) is 30.7 Å². The average Bonchev–Trinajstić information content (AvgIpc) is 2.99. The lowest BCUT2D eigenvalue weighted by Crippen LogP contribution is -2.28. The second kappa shape index (κ2) is 7.59. The maximum Gasteiger partial charge on any atom is 0.272 e. The molecule has 0 saturated heterocycles. The van der Waals surface area contributed by atoms with E-state index in [9.17, 15) is 10.1 Å². The number of nitro groups is 1. The summed E-state index contributed by atoms with van der Waals surface area (Å²) in [7, 11) is 0. The first-order chi connectivity index (χ1) is 10.2. The van der Waals surface area contributed by atoms with Crippen LogP contribution in [0, 0.1) is 10.1 Å². The van der Waals surface area contributed by atoms with Crippen LogP contribution in [0.3, 0.4) is 0 Å². The number of para-hydroxylation sites is 1. The molecule has 112 valence electrons. The number of hydrogen-bond donors (Lipinski definition) is 1. The van der Waals surface area contributed by atoms with Gasteiger partial charge in [-0.05, 0) is 38.4 Å². The Morgan fingerprint density at radius 1 is 1.24 bits per heavy atom. The zero-order valence-electron chi connectivity index (χ0n) is 12.1. The Balaban J connectivity index is 1.75. The topological polar surface area (TPSA) is 68.3 Å². The fraction of sp³-hybridized carbons (Fsp3) is 0.375. The molecule has 0 aliphatic heterocycles. The van der Waals surface area contributed by atoms with E-state index in [2.05, 4.69) is 12.2 Å². The van der Waals surface area contributed by atoms with Gasteiger partial charge in [-0.3, -0.25) is 10.1 Å². The third-order valence-corrected chi connectivity index (χ3v) is 3.48. The van der Waals surface area contributed by atoms with E-state index in [4.69, 9.17) is 4.42 Å². The Kier molecular flexibility index (Phi) is 5.51. The van der Waals surface area contributed by atoms with E-state index in [-0.39, 0.29) is 10.6 Å². The molecule has 0 saturated carbocycles. The van der Waals surface area contributed by atoms with Crippen LogP contribution in [-0.2, 0) is 12.8 Å². The van der Waals surface area contributed by atoms with E-state index in [1.165, 1.54) is 0 Å². The Bertz CT molecular complexity index is 567. The van der Waals surface area contributed by atoms with Crippen molar-refractivity contribution in [2.45, 2.75) is 32.2 Å². The number of benzene rings is 1. The molecule has 0 spiro atoms. The molecular weight excluding hydrogens is 268 g/mol. The molecule has 5 heteroatoms. The lowest BCUT2D eigenvalue weighted by molar-refractivity contribution is -0.385. The Labute approximate surface area is 124 Å². The molecule has 0 bridgehead atoms. The van der Waals surface area contributed by atoms with Crippen LogP contribution >= 0.6 is 0 Å². The van der Waals surface area contributed by atoms with Crippen LogP contribution in [0.1, 0.15) is 24.7 Å². The van der Waals surface area contributed by atoms with Gasteiger partial charge in [0.1, 0.15) is 5.76 Å². The lowest BCUT2D eigenvalue weighted by Gasteiger charge is -2.13. The van der Waals surface area contributed by atoms with Crippen molar-refractivity contribution in [2.75, 3.05) is 6.54 Å². The summed E-state index contributed by atoms with van der Waals surface area (Å²) in [6.45, 7) is 2.84. The van der Waals surface area contributed by atoms with Gasteiger partial charge in [0.25, 0.3) is 5.69 Å². The molecule has 1 heterocycles. The summed E-state index contributed by atoms with van der Waals surface area (Å²) >= 11 is 0. The second-order valence-corrected chi connectivity index (χ2v) is 5.11. The normalized spacial score (nSPS) is 12.2. The Morgan fingerprint density at radius 2 is 2.05 bits per heavy atom. The number of nitrogens with zero attached hydrogens (tertiary/aromatic N) is 1. The third kappa shape index (κ3) is 4.72. The highest BCUT2D eigenvalue weighted by atomic mass is 16.6. The minimum Gasteiger partial charge on any atom is -0.469 e. The van der Waals surface area contributed by atoms with Crippen molar-refractivity contribution < 1.29 is 9.34 Å². The van der Waals surface area contributed by atoms with Crippen molar-refractivity contribution in [2.24, 2.45) is 0 Å². The molecule has 1 unspecified atom stereocenters. The zero-order chi connectivity index (χ0) is 15.1. The van der Waals surface area contributed by atoms with Crippen molar-refractivity contribution in [3.8, 4) is 0 Å². The number of nitrogens with one attached hydrogen (secondary N) is 1. The van der Waals surface area contributed by atoms with E-state index in [1.54, 1.807) is 18.4 Å². The Hall–Kier alpha value is -2.14. The minimum absolute atomic E-state index is 0.197. The standard InChI is InChI=1S/C16H20N2O3/c1-13(8-9-15-6-4-12-21-15)17-11-10-14-5-2-3-7-16(14)18(19)20/h2-7,12-13,17H,8-11H2,1H3. The molecule has 0 aliphatic carbocycles. The van der Waals surface area contributed by atoms with Gasteiger partial charge in [0.15, 0.2) is 0 Å². The third-order valence-electron chi connectivity index (χ3n) is 3.48. The molecule has 0 radical (unpaired) electrons. The van der Waals surface area contributed by atoms with Gasteiger partial charge in [0, 0.05) is 24.1 Å². The summed E-state index contributed by atoms with van der Waals surface area (Å²) in [6, 6.07) is 11.1. The average molecular weight is 288 g/mol. The summed E-state index contributed by atoms with van der Waals surface area (Å²) in [4.78, 5) is 10.6. The fourth-order valence-electron chi connectivity index (χ4n) is 2.27. The second-order valence-electron chi connectivity index (χ2n) is 5.11. The first kappa shape index (κ1) is 15.3. The van der Waals surface area contributed by atoms with E-state index >= 15 is 0 Å². The summed E-state index contributed by atoms with van der Waals surface area (Å²) in [5, 5.41) is 14.3. The molecule has 0 aliphatic rings. The smallest absolute Gasteiger partial charge is 0.272 e. The van der Waals surface area contributed by atoms with Gasteiger partial charge in [-0.25, -0.2) is 0 Å². The van der Waals surface area contributed by atoms with Crippen molar-refractivity contribution in [3.05, 3.63) is 64.1 Å². The zero-order valence-corrected chi connectivity index (χ0v) is 12.1. The van der Waals surface area contributed by atoms with Gasteiger partial charge in [-0.15, -0.1) is 0 Å². The van der Waals surface area contributed by atoms with Gasteiger partial charge in [-0.1, -0.05) is 18.2 Å². The number of aryl methyl sites for hydroxylation is 1. The van der Waals surface area contributed by atoms with E-state index in [0.29, 0.717) is 12.5 Å². The van der Waals surface area contributed by atoms with Crippen molar-refractivity contribution in [1.82, 2.24) is 5.32 Å². The predicted molar refractivity (Wildman–Crippen MR) is 81.3 cm³/mol. The van der Waals surface area contributed by atoms with Crippen molar-refractivity contribution in [3.63, 3.8) is 0 Å². The molecule has 0 amide bonds. The maximum atomic E-state index is 10.9. The highest BCUT2D eigenvalue weighted by Crippen LogP contribution is 2.17. The molecular formula is C16H20N2O3. The summed E-state index contributed by atoms with van der Waals surface area (Å²) in [5.41, 5.74) is 0.968. The maximum absolute atomic E-state index is 10.9. The lowest BCUT2D eigenvalue weighted by atomic mass is 10.1. The molecule has 1 aromatic heterocycles. The van der Waals surface area contributed by atoms with Crippen LogP contribution in [0.4, 0.5) is 5.69 Å². The molecule has 2 aromatic rings. The molecule has 5 nitrogen and oxygen atoms in total. The number of furan rings is 1. The Morgan fingerprint density at radius 3 is 2.76 bits per heavy atom. The minimum atomic E-state index is -0.324. The summed E-state index contributed by atoms with van der Waals surface area (Å²) in [6.07, 6.45) is 4.21. The first-order valence-corrected chi connectivity index (χ1v) is 7.15. The first-order valence-electron chi connectivity index (χ1n) is 7.15. The van der Waals surface area contributed by atoms with Crippen LogP contribution in [0.5, 0.6) is 0 Å². The number of rotatable bonds is 8. The number of hydrogen-bond acceptors (Lipinski definition) is 4. The molecule has 2 rings (SSSR count). The SMILES string of the molecule is CC(CCc1ccco1)NCCc1ccccc1[N+](=O)[O-]. The van der Waals surface area contributed by atoms with E-state index < -0.39 is 0 Å². The van der Waals surface area contributed by atoms with Crippen LogP contribution in [-0.4, -0.2) is 17.5 Å². The predicted octanol–water partition coefficient (Wildman–Crippen LogP) is 3.34. The summed E-state index contributed by atoms with van der Waals surface area (Å²) in [5.74, 6) is 0.988. The van der Waals surface area contributed by atoms with Gasteiger partial charge in [0.2, 0.25) is 0 Å². The number of nitro benzene ring substituents is 1. The van der Waals surface area contributed by atoms with Crippen LogP contribution in [0.2, 0.25) is 0 Å². The monoisotopic (exact) mass is 288 g/mol. The molecule has 21 heavy (non-hydrogen) atoms. The molecule has 1 aromatic carbocycles. The molecule has 1 atom stereocenters. The van der Waals surface area contributed by atoms with Gasteiger partial charge >= 0.3 is 0 Å². The van der Waals surface area contributed by atoms with Crippen LogP contribution in [0.15, 0.2) is 47.1 Å².